The highest BCUT2D eigenvalue weighted by Crippen LogP contribution is 2.27. The van der Waals surface area contributed by atoms with E-state index in [1.165, 1.54) is 0 Å². The number of morpholine rings is 1. The Balaban J connectivity index is 1.88. The molecule has 1 aliphatic rings. The van der Waals surface area contributed by atoms with Gasteiger partial charge in [-0.25, -0.2) is 4.39 Å². The number of hydrogen-bond acceptors (Lipinski definition) is 4. The van der Waals surface area contributed by atoms with E-state index in [1.54, 1.807) is 11.8 Å². The lowest BCUT2D eigenvalue weighted by atomic mass is 10.1. The van der Waals surface area contributed by atoms with E-state index in [0.29, 0.717) is 6.54 Å². The Labute approximate surface area is 132 Å². The van der Waals surface area contributed by atoms with Gasteiger partial charge in [-0.05, 0) is 57.5 Å². The smallest absolute Gasteiger partial charge is 0.198 e. The predicted octanol–water partition coefficient (Wildman–Crippen LogP) is 3.14. The van der Waals surface area contributed by atoms with E-state index in [2.05, 4.69) is 5.32 Å². The lowest BCUT2D eigenvalue weighted by Crippen LogP contribution is -2.51. The topological polar surface area (TPSA) is 50.5 Å². The molecule has 1 aromatic rings. The number of alkyl halides is 1. The van der Waals surface area contributed by atoms with Crippen LogP contribution in [0.5, 0.6) is 0 Å². The van der Waals surface area contributed by atoms with E-state index in [-0.39, 0.29) is 6.10 Å². The number of nitrogens with zero attached hydrogens (tertiary/aromatic N) is 1. The molecule has 0 saturated carbocycles. The third-order valence-electron chi connectivity index (χ3n) is 3.99. The van der Waals surface area contributed by atoms with E-state index >= 15 is 0 Å². The lowest BCUT2D eigenvalue weighted by molar-refractivity contribution is -0.0614. The normalized spacial score (nSPS) is 25.3. The average molecular weight is 309 g/mol. The quantitative estimate of drug-likeness (QED) is 0.600. The summed E-state index contributed by atoms with van der Waals surface area (Å²) in [7, 11) is 0. The van der Waals surface area contributed by atoms with Crippen LogP contribution in [0.25, 0.3) is 0 Å². The predicted molar refractivity (Wildman–Crippen MR) is 90.1 cm³/mol. The molecular formula is C17H28FN3O. The van der Waals surface area contributed by atoms with Gasteiger partial charge >= 0.3 is 0 Å². The van der Waals surface area contributed by atoms with Crippen LogP contribution >= 0.6 is 0 Å². The number of halogens is 1. The first-order chi connectivity index (χ1) is 10.6. The Hall–Kier alpha value is -1.33. The van der Waals surface area contributed by atoms with Crippen molar-refractivity contribution in [3.63, 3.8) is 0 Å². The van der Waals surface area contributed by atoms with Crippen LogP contribution in [0.1, 0.15) is 33.1 Å². The van der Waals surface area contributed by atoms with E-state index in [9.17, 15) is 4.39 Å². The van der Waals surface area contributed by atoms with Gasteiger partial charge in [-0.15, -0.1) is 0 Å². The fourth-order valence-corrected chi connectivity index (χ4v) is 2.80. The molecule has 2 rings (SSSR count). The van der Waals surface area contributed by atoms with Crippen molar-refractivity contribution in [2.45, 2.75) is 51.6 Å². The molecule has 0 amide bonds. The summed E-state index contributed by atoms with van der Waals surface area (Å²) >= 11 is 0. The molecule has 1 aromatic carbocycles. The maximum absolute atomic E-state index is 14.3. The minimum absolute atomic E-state index is 0.0438. The van der Waals surface area contributed by atoms with Gasteiger partial charge in [0.05, 0.1) is 6.10 Å². The minimum Gasteiger partial charge on any atom is -0.385 e. The second kappa shape index (κ2) is 8.34. The molecular weight excluding hydrogens is 281 g/mol. The van der Waals surface area contributed by atoms with Gasteiger partial charge in [0.25, 0.3) is 0 Å². The van der Waals surface area contributed by atoms with Crippen LogP contribution in [-0.2, 0) is 4.74 Å². The Kier molecular flexibility index (Phi) is 6.46. The van der Waals surface area contributed by atoms with Crippen molar-refractivity contribution in [3.05, 3.63) is 24.3 Å². The molecule has 5 heteroatoms. The molecule has 1 aliphatic heterocycles. The molecule has 3 N–H and O–H groups in total. The molecule has 3 unspecified atom stereocenters. The van der Waals surface area contributed by atoms with Crippen LogP contribution in [0.4, 0.5) is 15.8 Å². The zero-order chi connectivity index (χ0) is 15.9. The number of hydrogen-bond donors (Lipinski definition) is 2. The molecule has 4 nitrogen and oxygen atoms in total. The Morgan fingerprint density at radius 3 is 2.64 bits per heavy atom. The molecule has 0 radical (unpaired) electrons. The Morgan fingerprint density at radius 1 is 1.23 bits per heavy atom. The molecule has 1 fully saturated rings. The van der Waals surface area contributed by atoms with Crippen molar-refractivity contribution in [1.29, 1.82) is 0 Å². The van der Waals surface area contributed by atoms with Gasteiger partial charge in [0.15, 0.2) is 6.30 Å². The third-order valence-corrected chi connectivity index (χ3v) is 3.99. The van der Waals surface area contributed by atoms with Gasteiger partial charge in [-0.2, -0.15) is 0 Å². The van der Waals surface area contributed by atoms with Crippen molar-refractivity contribution < 1.29 is 9.13 Å². The number of benzene rings is 1. The highest BCUT2D eigenvalue weighted by atomic mass is 19.1. The van der Waals surface area contributed by atoms with Gasteiger partial charge in [-0.1, -0.05) is 6.42 Å². The van der Waals surface area contributed by atoms with Crippen LogP contribution in [0.2, 0.25) is 0 Å². The molecule has 124 valence electrons. The van der Waals surface area contributed by atoms with Crippen molar-refractivity contribution in [3.8, 4) is 0 Å². The molecule has 1 saturated heterocycles. The zero-order valence-electron chi connectivity index (χ0n) is 13.6. The minimum atomic E-state index is -1.09. The van der Waals surface area contributed by atoms with Gasteiger partial charge in [-0.3, -0.25) is 0 Å². The summed E-state index contributed by atoms with van der Waals surface area (Å²) < 4.78 is 19.8. The monoisotopic (exact) mass is 309 g/mol. The van der Waals surface area contributed by atoms with Gasteiger partial charge in [0, 0.05) is 24.5 Å². The van der Waals surface area contributed by atoms with Crippen molar-refractivity contribution in [2.75, 3.05) is 29.9 Å². The fourth-order valence-electron chi connectivity index (χ4n) is 2.80. The number of rotatable bonds is 7. The van der Waals surface area contributed by atoms with E-state index < -0.39 is 12.4 Å². The third kappa shape index (κ3) is 4.58. The first-order valence-corrected chi connectivity index (χ1v) is 8.22. The Morgan fingerprint density at radius 2 is 1.95 bits per heavy atom. The summed E-state index contributed by atoms with van der Waals surface area (Å²) in [5.74, 6) is 0. The van der Waals surface area contributed by atoms with Gasteiger partial charge in [0.1, 0.15) is 6.10 Å². The first kappa shape index (κ1) is 17.0. The first-order valence-electron chi connectivity index (χ1n) is 8.22. The van der Waals surface area contributed by atoms with Crippen molar-refractivity contribution in [1.82, 2.24) is 0 Å². The number of anilines is 2. The van der Waals surface area contributed by atoms with Crippen LogP contribution in [0, 0.1) is 0 Å². The second-order valence-electron chi connectivity index (χ2n) is 6.00. The molecule has 0 aliphatic carbocycles. The molecule has 3 atom stereocenters. The molecule has 0 spiro atoms. The second-order valence-corrected chi connectivity index (χ2v) is 6.00. The summed E-state index contributed by atoms with van der Waals surface area (Å²) in [5.41, 5.74) is 7.45. The maximum Gasteiger partial charge on any atom is 0.198 e. The zero-order valence-corrected chi connectivity index (χ0v) is 13.6. The number of nitrogens with two attached hydrogens (primary N) is 1. The summed E-state index contributed by atoms with van der Waals surface area (Å²) in [5, 5.41) is 3.38. The molecule has 0 bridgehead atoms. The fraction of sp³-hybridized carbons (Fsp3) is 0.647. The standard InChI is InChI=1S/C17H28FN3O/c1-13-12-21(17(18)14(2)22-13)16-8-6-15(7-9-16)20-11-5-3-4-10-19/h6-9,13-14,17,20H,3-5,10-12,19H2,1-2H3. The van der Waals surface area contributed by atoms with Gasteiger partial charge in [0.2, 0.25) is 0 Å². The van der Waals surface area contributed by atoms with E-state index in [1.807, 2.05) is 31.2 Å². The maximum atomic E-state index is 14.3. The Bertz CT molecular complexity index is 440. The van der Waals surface area contributed by atoms with E-state index in [0.717, 1.165) is 43.7 Å². The number of ether oxygens (including phenoxy) is 1. The summed E-state index contributed by atoms with van der Waals surface area (Å²) in [6.45, 7) is 6.04. The highest BCUT2D eigenvalue weighted by Gasteiger charge is 2.32. The van der Waals surface area contributed by atoms with Crippen LogP contribution < -0.4 is 16.0 Å². The van der Waals surface area contributed by atoms with Crippen molar-refractivity contribution in [2.24, 2.45) is 5.73 Å². The number of unbranched alkanes of at least 4 members (excludes halogenated alkanes) is 2. The number of nitrogens with one attached hydrogen (secondary N) is 1. The van der Waals surface area contributed by atoms with E-state index in [4.69, 9.17) is 10.5 Å². The van der Waals surface area contributed by atoms with Crippen LogP contribution in [0.3, 0.4) is 0 Å². The van der Waals surface area contributed by atoms with Crippen LogP contribution in [-0.4, -0.2) is 38.1 Å². The summed E-state index contributed by atoms with van der Waals surface area (Å²) in [6, 6.07) is 7.96. The van der Waals surface area contributed by atoms with Crippen molar-refractivity contribution >= 4 is 11.4 Å². The molecule has 1 heterocycles. The van der Waals surface area contributed by atoms with Crippen LogP contribution in [0.15, 0.2) is 24.3 Å². The molecule has 22 heavy (non-hydrogen) atoms. The summed E-state index contributed by atoms with van der Waals surface area (Å²) in [4.78, 5) is 1.78. The average Bonchev–Trinajstić information content (AvgIpc) is 2.51. The largest absolute Gasteiger partial charge is 0.385 e. The lowest BCUT2D eigenvalue weighted by Gasteiger charge is -2.39. The SMILES string of the molecule is CC1CN(c2ccc(NCCCCCN)cc2)C(F)C(C)O1. The summed E-state index contributed by atoms with van der Waals surface area (Å²) in [6.07, 6.45) is 1.89. The highest BCUT2D eigenvalue weighted by molar-refractivity contribution is 5.55. The van der Waals surface area contributed by atoms with Gasteiger partial charge < -0.3 is 20.7 Å². The molecule has 0 aromatic heterocycles.